The van der Waals surface area contributed by atoms with Crippen LogP contribution in [0.4, 0.5) is 0 Å². The Balaban J connectivity index is 1.95. The van der Waals surface area contributed by atoms with E-state index in [0.29, 0.717) is 10.5 Å². The number of hydrogen-bond donors (Lipinski definition) is 1. The number of thioether (sulfide) groups is 1. The minimum absolute atomic E-state index is 0.334. The first-order valence-electron chi connectivity index (χ1n) is 5.50. The first-order valence-corrected chi connectivity index (χ1v) is 6.38. The van der Waals surface area contributed by atoms with E-state index in [2.05, 4.69) is 16.4 Å². The Morgan fingerprint density at radius 2 is 2.69 bits per heavy atom. The zero-order chi connectivity index (χ0) is 11.4. The Bertz CT molecular complexity index is 373. The largest absolute Gasteiger partial charge is 0.440 e. The van der Waals surface area contributed by atoms with Crippen molar-refractivity contribution in [3.63, 3.8) is 0 Å². The molecule has 0 radical (unpaired) electrons. The molecule has 1 saturated carbocycles. The van der Waals surface area contributed by atoms with Gasteiger partial charge in [0.25, 0.3) is 5.22 Å². The summed E-state index contributed by atoms with van der Waals surface area (Å²) in [5, 5.41) is 13.7. The highest BCUT2D eigenvalue weighted by Crippen LogP contribution is 2.39. The van der Waals surface area contributed by atoms with E-state index >= 15 is 0 Å². The van der Waals surface area contributed by atoms with E-state index in [4.69, 9.17) is 4.42 Å². The van der Waals surface area contributed by atoms with Crippen molar-refractivity contribution in [3.8, 4) is 6.07 Å². The van der Waals surface area contributed by atoms with Gasteiger partial charge in [-0.3, -0.25) is 5.32 Å². The summed E-state index contributed by atoms with van der Waals surface area (Å²) in [5.41, 5.74) is -0.334. The summed E-state index contributed by atoms with van der Waals surface area (Å²) in [6.45, 7) is 2.87. The molecule has 2 unspecified atom stereocenters. The zero-order valence-electron chi connectivity index (χ0n) is 9.27. The molecule has 1 heterocycles. The number of hydrogen-bond acceptors (Lipinski definition) is 5. The second-order valence-corrected chi connectivity index (χ2v) is 5.26. The van der Waals surface area contributed by atoms with Gasteiger partial charge >= 0.3 is 0 Å². The van der Waals surface area contributed by atoms with Crippen LogP contribution in [-0.4, -0.2) is 22.3 Å². The highest BCUT2D eigenvalue weighted by molar-refractivity contribution is 7.99. The molecule has 4 nitrogen and oxygen atoms in total. The molecule has 1 aromatic rings. The third-order valence-electron chi connectivity index (χ3n) is 2.88. The molecule has 2 atom stereocenters. The summed E-state index contributed by atoms with van der Waals surface area (Å²) in [5.74, 6) is 0. The van der Waals surface area contributed by atoms with E-state index in [1.165, 1.54) is 0 Å². The maximum atomic E-state index is 9.23. The van der Waals surface area contributed by atoms with Gasteiger partial charge in [0, 0.05) is 5.25 Å². The predicted octanol–water partition coefficient (Wildman–Crippen LogP) is 2.19. The smallest absolute Gasteiger partial charge is 0.255 e. The van der Waals surface area contributed by atoms with Crippen LogP contribution in [0, 0.1) is 11.3 Å². The molecule has 1 aromatic heterocycles. The van der Waals surface area contributed by atoms with Gasteiger partial charge in [-0.2, -0.15) is 5.26 Å². The zero-order valence-corrected chi connectivity index (χ0v) is 10.1. The molecule has 0 spiro atoms. The minimum atomic E-state index is -0.334. The van der Waals surface area contributed by atoms with Crippen LogP contribution in [0.3, 0.4) is 0 Å². The van der Waals surface area contributed by atoms with E-state index in [9.17, 15) is 5.26 Å². The molecular weight excluding hydrogens is 222 g/mol. The molecular formula is C11H15N3OS. The van der Waals surface area contributed by atoms with Crippen LogP contribution in [0.15, 0.2) is 22.1 Å². The summed E-state index contributed by atoms with van der Waals surface area (Å²) in [6.07, 6.45) is 6.05. The van der Waals surface area contributed by atoms with E-state index in [1.807, 2.05) is 6.92 Å². The molecule has 0 saturated heterocycles. The molecule has 2 rings (SSSR count). The van der Waals surface area contributed by atoms with E-state index in [1.54, 1.807) is 24.2 Å². The van der Waals surface area contributed by atoms with Gasteiger partial charge in [-0.25, -0.2) is 4.98 Å². The highest BCUT2D eigenvalue weighted by Gasteiger charge is 2.39. The number of rotatable bonds is 4. The topological polar surface area (TPSA) is 61.9 Å². The minimum Gasteiger partial charge on any atom is -0.440 e. The van der Waals surface area contributed by atoms with Crippen LogP contribution in [-0.2, 0) is 0 Å². The molecule has 1 aliphatic rings. The summed E-state index contributed by atoms with van der Waals surface area (Å²) in [7, 11) is 0. The predicted molar refractivity (Wildman–Crippen MR) is 62.0 cm³/mol. The van der Waals surface area contributed by atoms with Gasteiger partial charge in [-0.05, 0) is 25.8 Å². The molecule has 0 aliphatic heterocycles. The maximum Gasteiger partial charge on any atom is 0.255 e. The Labute approximate surface area is 99.4 Å². The third-order valence-corrected chi connectivity index (χ3v) is 4.01. The van der Waals surface area contributed by atoms with Gasteiger partial charge in [0.15, 0.2) is 0 Å². The maximum absolute atomic E-state index is 9.23. The normalized spacial score (nSPS) is 29.1. The molecule has 1 aliphatic carbocycles. The first kappa shape index (κ1) is 11.5. The summed E-state index contributed by atoms with van der Waals surface area (Å²) >= 11 is 1.63. The second kappa shape index (κ2) is 4.89. The standard InChI is InChI=1S/C11H15N3OS/c1-2-14-11(8-12)4-3-9(7-11)16-10-13-5-6-15-10/h5-6,9,14H,2-4,7H2,1H3. The van der Waals surface area contributed by atoms with E-state index < -0.39 is 0 Å². The molecule has 1 N–H and O–H groups in total. The molecule has 86 valence electrons. The summed E-state index contributed by atoms with van der Waals surface area (Å²) in [6, 6.07) is 2.41. The Kier molecular flexibility index (Phi) is 3.52. The summed E-state index contributed by atoms with van der Waals surface area (Å²) < 4.78 is 5.21. The van der Waals surface area contributed by atoms with Gasteiger partial charge in [0.1, 0.15) is 11.8 Å². The van der Waals surface area contributed by atoms with Crippen molar-refractivity contribution in [2.45, 2.75) is 42.2 Å². The van der Waals surface area contributed by atoms with Gasteiger partial charge in [-0.15, -0.1) is 0 Å². The third kappa shape index (κ3) is 2.39. The fourth-order valence-electron chi connectivity index (χ4n) is 2.15. The van der Waals surface area contributed by atoms with Crippen molar-refractivity contribution < 1.29 is 4.42 Å². The average Bonchev–Trinajstić information content (AvgIpc) is 2.90. The quantitative estimate of drug-likeness (QED) is 0.869. The van der Waals surface area contributed by atoms with Gasteiger partial charge in [0.2, 0.25) is 0 Å². The van der Waals surface area contributed by atoms with Crippen molar-refractivity contribution >= 4 is 11.8 Å². The van der Waals surface area contributed by atoms with E-state index in [-0.39, 0.29) is 5.54 Å². The van der Waals surface area contributed by atoms with E-state index in [0.717, 1.165) is 25.8 Å². The SMILES string of the molecule is CCNC1(C#N)CCC(Sc2ncco2)C1. The first-order chi connectivity index (χ1) is 7.78. The van der Waals surface area contributed by atoms with Crippen LogP contribution >= 0.6 is 11.8 Å². The van der Waals surface area contributed by atoms with Gasteiger partial charge in [-0.1, -0.05) is 18.7 Å². The molecule has 16 heavy (non-hydrogen) atoms. The molecule has 5 heteroatoms. The lowest BCUT2D eigenvalue weighted by Crippen LogP contribution is -2.41. The van der Waals surface area contributed by atoms with Crippen LogP contribution in [0.1, 0.15) is 26.2 Å². The van der Waals surface area contributed by atoms with Gasteiger partial charge in [0.05, 0.1) is 12.3 Å². The lowest BCUT2D eigenvalue weighted by atomic mass is 10.0. The number of nitrogens with one attached hydrogen (secondary N) is 1. The second-order valence-electron chi connectivity index (χ2n) is 4.00. The van der Waals surface area contributed by atoms with Crippen molar-refractivity contribution in [1.82, 2.24) is 10.3 Å². The van der Waals surface area contributed by atoms with Crippen molar-refractivity contribution in [2.75, 3.05) is 6.54 Å². The van der Waals surface area contributed by atoms with Crippen LogP contribution in [0.2, 0.25) is 0 Å². The molecule has 0 bridgehead atoms. The van der Waals surface area contributed by atoms with Crippen molar-refractivity contribution in [1.29, 1.82) is 5.26 Å². The average molecular weight is 237 g/mol. The number of aromatic nitrogens is 1. The lowest BCUT2D eigenvalue weighted by molar-refractivity contribution is 0.434. The lowest BCUT2D eigenvalue weighted by Gasteiger charge is -2.21. The van der Waals surface area contributed by atoms with Crippen molar-refractivity contribution in [2.24, 2.45) is 0 Å². The number of nitrogens with zero attached hydrogens (tertiary/aromatic N) is 2. The Morgan fingerprint density at radius 3 is 3.31 bits per heavy atom. The van der Waals surface area contributed by atoms with Crippen molar-refractivity contribution in [3.05, 3.63) is 12.5 Å². The number of nitriles is 1. The van der Waals surface area contributed by atoms with Crippen LogP contribution < -0.4 is 5.32 Å². The molecule has 1 fully saturated rings. The fraction of sp³-hybridized carbons (Fsp3) is 0.636. The Morgan fingerprint density at radius 1 is 1.81 bits per heavy atom. The van der Waals surface area contributed by atoms with Gasteiger partial charge < -0.3 is 4.42 Å². The van der Waals surface area contributed by atoms with Crippen LogP contribution in [0.25, 0.3) is 0 Å². The number of oxazole rings is 1. The Hall–Kier alpha value is -0.990. The molecule has 0 aromatic carbocycles. The van der Waals surface area contributed by atoms with Crippen LogP contribution in [0.5, 0.6) is 0 Å². The molecule has 0 amide bonds. The monoisotopic (exact) mass is 237 g/mol. The highest BCUT2D eigenvalue weighted by atomic mass is 32.2. The fourth-order valence-corrected chi connectivity index (χ4v) is 3.27. The summed E-state index contributed by atoms with van der Waals surface area (Å²) in [4.78, 5) is 4.09.